The number of nitrogens with zero attached hydrogens (tertiary/aromatic N) is 3. The van der Waals surface area contributed by atoms with Gasteiger partial charge in [-0.25, -0.2) is 8.42 Å². The summed E-state index contributed by atoms with van der Waals surface area (Å²) in [7, 11) is 0.296. The molecule has 1 aliphatic heterocycles. The first kappa shape index (κ1) is 23.1. The Morgan fingerprint density at radius 2 is 1.94 bits per heavy atom. The molecule has 4 rings (SSSR count). The molecule has 9 nitrogen and oxygen atoms in total. The van der Waals surface area contributed by atoms with E-state index in [9.17, 15) is 13.2 Å². The molecule has 174 valence electrons. The normalized spacial score (nSPS) is 14.7. The Hall–Kier alpha value is -3.08. The Kier molecular flexibility index (Phi) is 6.08. The number of carbonyl (C=O) groups excluding carboxylic acids is 1. The Labute approximate surface area is 197 Å². The van der Waals surface area contributed by atoms with Crippen molar-refractivity contribution in [3.63, 3.8) is 0 Å². The summed E-state index contributed by atoms with van der Waals surface area (Å²) >= 11 is 6.23. The average molecular weight is 490 g/mol. The molecule has 3 heterocycles. The number of likely N-dealkylation sites (N-methyl/N-ethyl adjacent to an activating group) is 1. The molecule has 0 saturated carbocycles. The lowest BCUT2D eigenvalue weighted by atomic mass is 10.1. The smallest absolute Gasteiger partial charge is 0.250 e. The second-order valence-electron chi connectivity index (χ2n) is 8.16. The van der Waals surface area contributed by atoms with Gasteiger partial charge < -0.3 is 15.0 Å². The third-order valence-electron chi connectivity index (χ3n) is 5.31. The summed E-state index contributed by atoms with van der Waals surface area (Å²) < 4.78 is 33.4. The highest BCUT2D eigenvalue weighted by molar-refractivity contribution is 7.92. The maximum absolute atomic E-state index is 12.3. The maximum atomic E-state index is 12.3. The fourth-order valence-corrected chi connectivity index (χ4v) is 4.68. The highest BCUT2D eigenvalue weighted by atomic mass is 35.5. The van der Waals surface area contributed by atoms with E-state index < -0.39 is 15.9 Å². The number of benzene rings is 1. The van der Waals surface area contributed by atoms with Crippen LogP contribution in [0.1, 0.15) is 10.4 Å². The Balaban J connectivity index is 1.71. The van der Waals surface area contributed by atoms with Crippen molar-refractivity contribution in [1.29, 1.82) is 0 Å². The summed E-state index contributed by atoms with van der Waals surface area (Å²) in [6, 6.07) is 10.0. The molecule has 3 aromatic rings. The minimum absolute atomic E-state index is 0.156. The number of amides is 1. The third kappa shape index (κ3) is 5.13. The number of carbonyl (C=O) groups is 1. The molecule has 0 aliphatic carbocycles. The molecule has 0 bridgehead atoms. The van der Waals surface area contributed by atoms with Crippen molar-refractivity contribution >= 4 is 33.2 Å². The fraction of sp³-hybridized carbons (Fsp3) is 0.273. The zero-order valence-electron chi connectivity index (χ0n) is 18.4. The zero-order valence-corrected chi connectivity index (χ0v) is 19.9. The van der Waals surface area contributed by atoms with Gasteiger partial charge in [-0.15, -0.1) is 0 Å². The molecule has 11 heteroatoms. The van der Waals surface area contributed by atoms with Gasteiger partial charge in [0.1, 0.15) is 11.9 Å². The van der Waals surface area contributed by atoms with Gasteiger partial charge in [0.2, 0.25) is 10.0 Å². The van der Waals surface area contributed by atoms with Crippen molar-refractivity contribution in [1.82, 2.24) is 14.5 Å². The van der Waals surface area contributed by atoms with Crippen LogP contribution in [0.3, 0.4) is 0 Å². The number of aromatic nitrogens is 2. The second-order valence-corrected chi connectivity index (χ2v) is 10.3. The number of likely N-dealkylation sites (tertiary alicyclic amines) is 1. The molecule has 0 spiro atoms. The zero-order chi connectivity index (χ0) is 23.9. The van der Waals surface area contributed by atoms with Crippen molar-refractivity contribution in [3.05, 3.63) is 53.2 Å². The van der Waals surface area contributed by atoms with Gasteiger partial charge in [-0.1, -0.05) is 11.6 Å². The molecule has 1 aliphatic rings. The molecular weight excluding hydrogens is 466 g/mol. The first-order valence-electron chi connectivity index (χ1n) is 10.1. The number of halogens is 1. The number of rotatable bonds is 7. The number of primary amides is 1. The van der Waals surface area contributed by atoms with Crippen LogP contribution in [0.25, 0.3) is 22.6 Å². The Morgan fingerprint density at radius 1 is 1.21 bits per heavy atom. The number of hydrogen-bond donors (Lipinski definition) is 2. The van der Waals surface area contributed by atoms with E-state index in [1.54, 1.807) is 36.0 Å². The van der Waals surface area contributed by atoms with Crippen LogP contribution in [-0.4, -0.2) is 61.3 Å². The highest BCUT2D eigenvalue weighted by Crippen LogP contribution is 2.35. The lowest BCUT2D eigenvalue weighted by Gasteiger charge is -2.35. The monoisotopic (exact) mass is 489 g/mol. The van der Waals surface area contributed by atoms with Gasteiger partial charge in [-0.2, -0.15) is 0 Å². The summed E-state index contributed by atoms with van der Waals surface area (Å²) in [6.07, 6.45) is 2.85. The third-order valence-corrected chi connectivity index (χ3v) is 6.13. The summed E-state index contributed by atoms with van der Waals surface area (Å²) in [6.45, 7) is 1.75. The van der Waals surface area contributed by atoms with Gasteiger partial charge in [0, 0.05) is 30.7 Å². The lowest BCUT2D eigenvalue weighted by molar-refractivity contribution is 0.0386. The van der Waals surface area contributed by atoms with Crippen LogP contribution in [0.4, 0.5) is 5.69 Å². The van der Waals surface area contributed by atoms with E-state index in [-0.39, 0.29) is 17.4 Å². The maximum Gasteiger partial charge on any atom is 0.250 e. The molecule has 1 fully saturated rings. The predicted octanol–water partition coefficient (Wildman–Crippen LogP) is 2.57. The number of pyridine rings is 1. The minimum atomic E-state index is -3.51. The van der Waals surface area contributed by atoms with Gasteiger partial charge in [0.25, 0.3) is 5.91 Å². The van der Waals surface area contributed by atoms with E-state index >= 15 is 0 Å². The van der Waals surface area contributed by atoms with E-state index in [1.807, 2.05) is 19.2 Å². The van der Waals surface area contributed by atoms with E-state index in [4.69, 9.17) is 22.1 Å². The molecule has 0 unspecified atom stereocenters. The number of anilines is 1. The second kappa shape index (κ2) is 8.69. The molecule has 2 aromatic heterocycles. The van der Waals surface area contributed by atoms with E-state index in [2.05, 4.69) is 14.6 Å². The molecule has 0 radical (unpaired) electrons. The molecule has 33 heavy (non-hydrogen) atoms. The first-order chi connectivity index (χ1) is 15.5. The van der Waals surface area contributed by atoms with E-state index in [0.29, 0.717) is 33.4 Å². The SMILES string of the molecule is CN1CC(Oc2ccc(-c3cc(C(N)=O)c(-c4cc(Cl)cc(NS(C)(=O)=O)c4)n3C)nc2)C1. The van der Waals surface area contributed by atoms with Gasteiger partial charge >= 0.3 is 0 Å². The molecule has 1 amide bonds. The number of sulfonamides is 1. The van der Waals surface area contributed by atoms with Crippen molar-refractivity contribution in [3.8, 4) is 28.4 Å². The van der Waals surface area contributed by atoms with Gasteiger partial charge in [0.15, 0.2) is 0 Å². The summed E-state index contributed by atoms with van der Waals surface area (Å²) in [4.78, 5) is 18.9. The number of nitrogens with two attached hydrogens (primary N) is 1. The van der Waals surface area contributed by atoms with Crippen LogP contribution in [-0.2, 0) is 17.1 Å². The standard InChI is InChI=1S/C22H24ClN5O4S/c1-27-11-17(12-27)32-16-4-5-19(25-10-16)20-9-18(22(24)29)21(28(20)2)13-6-14(23)8-15(7-13)26-33(3,30)31/h4-10,17,26H,11-12H2,1-3H3,(H2,24,29). The van der Waals surface area contributed by atoms with Gasteiger partial charge in [-0.3, -0.25) is 19.4 Å². The molecule has 3 N–H and O–H groups in total. The summed E-state index contributed by atoms with van der Waals surface area (Å²) in [5, 5.41) is 0.304. The van der Waals surface area contributed by atoms with Crippen molar-refractivity contribution < 1.29 is 17.9 Å². The first-order valence-corrected chi connectivity index (χ1v) is 12.4. The topological polar surface area (TPSA) is 120 Å². The number of ether oxygens (including phenoxy) is 1. The fourth-order valence-electron chi connectivity index (χ4n) is 3.90. The van der Waals surface area contributed by atoms with Gasteiger partial charge in [0.05, 0.1) is 40.8 Å². The van der Waals surface area contributed by atoms with Crippen molar-refractivity contribution in [2.75, 3.05) is 31.1 Å². The van der Waals surface area contributed by atoms with Crippen LogP contribution in [0.2, 0.25) is 5.02 Å². The number of nitrogens with one attached hydrogen (secondary N) is 1. The quantitative estimate of drug-likeness (QED) is 0.526. The molecule has 0 atom stereocenters. The molecule has 1 saturated heterocycles. The lowest BCUT2D eigenvalue weighted by Crippen LogP contribution is -2.51. The van der Waals surface area contributed by atoms with Crippen LogP contribution in [0.5, 0.6) is 5.75 Å². The van der Waals surface area contributed by atoms with Gasteiger partial charge in [-0.05, 0) is 43.4 Å². The molecular formula is C22H24ClN5O4S. The van der Waals surface area contributed by atoms with Crippen LogP contribution in [0, 0.1) is 0 Å². The molecule has 1 aromatic carbocycles. The van der Waals surface area contributed by atoms with Crippen LogP contribution < -0.4 is 15.2 Å². The minimum Gasteiger partial charge on any atom is -0.486 e. The Bertz CT molecular complexity index is 1320. The van der Waals surface area contributed by atoms with E-state index in [1.165, 1.54) is 6.07 Å². The van der Waals surface area contributed by atoms with Crippen LogP contribution in [0.15, 0.2) is 42.6 Å². The summed E-state index contributed by atoms with van der Waals surface area (Å²) in [5.41, 5.74) is 8.52. The largest absolute Gasteiger partial charge is 0.486 e. The summed E-state index contributed by atoms with van der Waals surface area (Å²) in [5.74, 6) is 0.0474. The average Bonchev–Trinajstić information content (AvgIpc) is 3.03. The van der Waals surface area contributed by atoms with Crippen molar-refractivity contribution in [2.24, 2.45) is 12.8 Å². The van der Waals surface area contributed by atoms with E-state index in [0.717, 1.165) is 19.3 Å². The predicted molar refractivity (Wildman–Crippen MR) is 128 cm³/mol. The number of hydrogen-bond acceptors (Lipinski definition) is 6. The van der Waals surface area contributed by atoms with Crippen LogP contribution >= 0.6 is 11.6 Å². The highest BCUT2D eigenvalue weighted by Gasteiger charge is 2.25. The Morgan fingerprint density at radius 3 is 2.52 bits per heavy atom. The van der Waals surface area contributed by atoms with Crippen molar-refractivity contribution in [2.45, 2.75) is 6.10 Å².